The maximum absolute atomic E-state index is 12.3. The fraction of sp³-hybridized carbons (Fsp3) is 0.105. The second-order valence-electron chi connectivity index (χ2n) is 5.54. The Morgan fingerprint density at radius 1 is 1.26 bits per heavy atom. The van der Waals surface area contributed by atoms with Crippen LogP contribution in [0.1, 0.15) is 5.56 Å². The lowest BCUT2D eigenvalue weighted by atomic mass is 10.2. The van der Waals surface area contributed by atoms with Crippen molar-refractivity contribution in [2.24, 2.45) is 0 Å². The molecule has 0 spiro atoms. The van der Waals surface area contributed by atoms with Crippen LogP contribution in [0.25, 0.3) is 10.6 Å². The van der Waals surface area contributed by atoms with E-state index in [-0.39, 0.29) is 18.5 Å². The van der Waals surface area contributed by atoms with E-state index in [1.54, 1.807) is 35.6 Å². The second kappa shape index (κ2) is 7.70. The molecule has 8 heteroatoms. The molecule has 0 aliphatic carbocycles. The third-order valence-corrected chi connectivity index (χ3v) is 5.63. The van der Waals surface area contributed by atoms with Gasteiger partial charge in [0.05, 0.1) is 21.9 Å². The summed E-state index contributed by atoms with van der Waals surface area (Å²) in [6, 6.07) is 14.8. The van der Waals surface area contributed by atoms with Crippen molar-refractivity contribution < 1.29 is 14.3 Å². The SMILES string of the molecule is N#Cc1ccc(-c2cccs2)nc1SCC(=O)Nc1ccc2c(c1)OCO2. The van der Waals surface area contributed by atoms with Gasteiger partial charge >= 0.3 is 0 Å². The molecule has 0 fully saturated rings. The number of hydrogen-bond acceptors (Lipinski definition) is 7. The Hall–Kier alpha value is -3.02. The van der Waals surface area contributed by atoms with Gasteiger partial charge < -0.3 is 14.8 Å². The first-order chi connectivity index (χ1) is 13.2. The largest absolute Gasteiger partial charge is 0.454 e. The Kier molecular flexibility index (Phi) is 4.96. The van der Waals surface area contributed by atoms with Crippen LogP contribution in [0.3, 0.4) is 0 Å². The molecular weight excluding hydrogens is 382 g/mol. The first kappa shape index (κ1) is 17.4. The summed E-state index contributed by atoms with van der Waals surface area (Å²) in [7, 11) is 0. The number of benzene rings is 1. The van der Waals surface area contributed by atoms with Crippen LogP contribution in [-0.2, 0) is 4.79 Å². The number of rotatable bonds is 5. The van der Waals surface area contributed by atoms with Gasteiger partial charge in [-0.3, -0.25) is 4.79 Å². The zero-order valence-electron chi connectivity index (χ0n) is 14.0. The summed E-state index contributed by atoms with van der Waals surface area (Å²) >= 11 is 2.82. The van der Waals surface area contributed by atoms with E-state index in [0.29, 0.717) is 27.8 Å². The van der Waals surface area contributed by atoms with Crippen LogP contribution < -0.4 is 14.8 Å². The molecule has 134 valence electrons. The quantitative estimate of drug-likeness (QED) is 0.654. The van der Waals surface area contributed by atoms with Gasteiger partial charge in [0.15, 0.2) is 11.5 Å². The van der Waals surface area contributed by atoms with Gasteiger partial charge in [0.25, 0.3) is 0 Å². The van der Waals surface area contributed by atoms with Crippen LogP contribution in [0.5, 0.6) is 11.5 Å². The number of hydrogen-bond donors (Lipinski definition) is 1. The highest BCUT2D eigenvalue weighted by Gasteiger charge is 2.15. The van der Waals surface area contributed by atoms with Crippen molar-refractivity contribution in [1.29, 1.82) is 5.26 Å². The molecule has 0 unspecified atom stereocenters. The Morgan fingerprint density at radius 3 is 2.96 bits per heavy atom. The van der Waals surface area contributed by atoms with Crippen molar-refractivity contribution in [3.63, 3.8) is 0 Å². The fourth-order valence-corrected chi connectivity index (χ4v) is 3.97. The first-order valence-corrected chi connectivity index (χ1v) is 9.87. The molecule has 2 aromatic heterocycles. The second-order valence-corrected chi connectivity index (χ2v) is 7.45. The minimum atomic E-state index is -0.189. The molecule has 0 bridgehead atoms. The molecule has 1 aliphatic rings. The third-order valence-electron chi connectivity index (χ3n) is 3.75. The Bertz CT molecular complexity index is 1030. The number of ether oxygens (including phenoxy) is 2. The highest BCUT2D eigenvalue weighted by atomic mass is 32.2. The molecule has 6 nitrogen and oxygen atoms in total. The summed E-state index contributed by atoms with van der Waals surface area (Å²) in [5.41, 5.74) is 1.88. The van der Waals surface area contributed by atoms with Gasteiger partial charge in [-0.05, 0) is 35.7 Å². The molecule has 0 saturated heterocycles. The number of carbonyl (C=O) groups excluding carboxylic acids is 1. The van der Waals surface area contributed by atoms with Crippen LogP contribution in [0.2, 0.25) is 0 Å². The molecule has 0 saturated carbocycles. The molecule has 1 amide bonds. The zero-order valence-corrected chi connectivity index (χ0v) is 15.6. The highest BCUT2D eigenvalue weighted by Crippen LogP contribution is 2.34. The van der Waals surface area contributed by atoms with Gasteiger partial charge in [-0.25, -0.2) is 4.98 Å². The summed E-state index contributed by atoms with van der Waals surface area (Å²) in [4.78, 5) is 17.9. The Balaban J connectivity index is 1.44. The van der Waals surface area contributed by atoms with Crippen molar-refractivity contribution in [2.75, 3.05) is 17.9 Å². The van der Waals surface area contributed by atoms with Crippen LogP contribution in [0.4, 0.5) is 5.69 Å². The van der Waals surface area contributed by atoms with Crippen molar-refractivity contribution in [1.82, 2.24) is 4.98 Å². The van der Waals surface area contributed by atoms with E-state index in [1.165, 1.54) is 11.8 Å². The number of nitrogens with one attached hydrogen (secondary N) is 1. The van der Waals surface area contributed by atoms with Crippen LogP contribution in [0.15, 0.2) is 52.9 Å². The molecule has 0 atom stereocenters. The first-order valence-electron chi connectivity index (χ1n) is 8.00. The summed E-state index contributed by atoms with van der Waals surface area (Å²) in [5, 5.41) is 14.6. The molecular formula is C19H13N3O3S2. The monoisotopic (exact) mass is 395 g/mol. The maximum atomic E-state index is 12.3. The summed E-state index contributed by atoms with van der Waals surface area (Å²) in [6.07, 6.45) is 0. The van der Waals surface area contributed by atoms with Gasteiger partial charge in [-0.2, -0.15) is 5.26 Å². The van der Waals surface area contributed by atoms with Crippen molar-refractivity contribution in [2.45, 2.75) is 5.03 Å². The minimum Gasteiger partial charge on any atom is -0.454 e. The third kappa shape index (κ3) is 3.89. The maximum Gasteiger partial charge on any atom is 0.234 e. The van der Waals surface area contributed by atoms with Crippen LogP contribution in [-0.4, -0.2) is 23.4 Å². The van der Waals surface area contributed by atoms with E-state index >= 15 is 0 Å². The van der Waals surface area contributed by atoms with Gasteiger partial charge in [-0.1, -0.05) is 17.8 Å². The predicted molar refractivity (Wildman–Crippen MR) is 104 cm³/mol. The number of thiophene rings is 1. The van der Waals surface area contributed by atoms with Gasteiger partial charge in [0.2, 0.25) is 12.7 Å². The van der Waals surface area contributed by atoms with E-state index in [2.05, 4.69) is 16.4 Å². The number of nitrogens with zero attached hydrogens (tertiary/aromatic N) is 2. The number of nitriles is 1. The summed E-state index contributed by atoms with van der Waals surface area (Å²) in [5.74, 6) is 1.23. The average Bonchev–Trinajstić information content (AvgIpc) is 3.37. The van der Waals surface area contributed by atoms with Gasteiger partial charge in [0, 0.05) is 11.8 Å². The molecule has 3 aromatic rings. The van der Waals surface area contributed by atoms with Crippen molar-refractivity contribution >= 4 is 34.7 Å². The lowest BCUT2D eigenvalue weighted by molar-refractivity contribution is -0.113. The average molecular weight is 395 g/mol. The molecule has 1 aliphatic heterocycles. The molecule has 0 radical (unpaired) electrons. The summed E-state index contributed by atoms with van der Waals surface area (Å²) in [6.45, 7) is 0.186. The van der Waals surface area contributed by atoms with Crippen molar-refractivity contribution in [3.05, 3.63) is 53.4 Å². The standard InChI is InChI=1S/C19H13N3O3S2/c20-9-12-3-5-14(17-2-1-7-26-17)22-19(12)27-10-18(23)21-13-4-6-15-16(8-13)25-11-24-15/h1-8H,10-11H2,(H,21,23). The highest BCUT2D eigenvalue weighted by molar-refractivity contribution is 8.00. The normalized spacial score (nSPS) is 11.8. The Morgan fingerprint density at radius 2 is 2.15 bits per heavy atom. The van der Waals surface area contributed by atoms with Crippen LogP contribution in [0, 0.1) is 11.3 Å². The molecule has 27 heavy (non-hydrogen) atoms. The van der Waals surface area contributed by atoms with E-state index in [9.17, 15) is 10.1 Å². The smallest absolute Gasteiger partial charge is 0.234 e. The number of amides is 1. The molecule has 1 aromatic carbocycles. The van der Waals surface area contributed by atoms with E-state index in [0.717, 1.165) is 10.6 Å². The number of anilines is 1. The molecule has 1 N–H and O–H groups in total. The number of carbonyl (C=O) groups is 1. The van der Waals surface area contributed by atoms with Crippen LogP contribution >= 0.6 is 23.1 Å². The fourth-order valence-electron chi connectivity index (χ4n) is 2.50. The van der Waals surface area contributed by atoms with Gasteiger partial charge in [0.1, 0.15) is 11.1 Å². The van der Waals surface area contributed by atoms with E-state index in [4.69, 9.17) is 9.47 Å². The number of aromatic nitrogens is 1. The number of pyridine rings is 1. The number of thioether (sulfide) groups is 1. The lowest BCUT2D eigenvalue weighted by Crippen LogP contribution is -2.14. The van der Waals surface area contributed by atoms with E-state index < -0.39 is 0 Å². The lowest BCUT2D eigenvalue weighted by Gasteiger charge is -2.07. The minimum absolute atomic E-state index is 0.143. The predicted octanol–water partition coefficient (Wildman–Crippen LogP) is 4.14. The number of fused-ring (bicyclic) bond motifs is 1. The van der Waals surface area contributed by atoms with Gasteiger partial charge in [-0.15, -0.1) is 11.3 Å². The Labute approximate surface area is 163 Å². The molecule has 3 heterocycles. The van der Waals surface area contributed by atoms with Crippen molar-refractivity contribution in [3.8, 4) is 28.1 Å². The summed E-state index contributed by atoms with van der Waals surface area (Å²) < 4.78 is 10.6. The topological polar surface area (TPSA) is 84.2 Å². The molecule has 4 rings (SSSR count). The zero-order chi connectivity index (χ0) is 18.6. The van der Waals surface area contributed by atoms with E-state index in [1.807, 2.05) is 23.6 Å².